The maximum atomic E-state index is 12.2. The van der Waals surface area contributed by atoms with Gasteiger partial charge >= 0.3 is 0 Å². The van der Waals surface area contributed by atoms with E-state index >= 15 is 0 Å². The minimum Gasteiger partial charge on any atom is -0.467 e. The number of halogens is 1. The van der Waals surface area contributed by atoms with Crippen LogP contribution in [0, 0.1) is 0 Å². The van der Waals surface area contributed by atoms with Crippen molar-refractivity contribution in [2.75, 3.05) is 0 Å². The Balaban J connectivity index is 2.12. The lowest BCUT2D eigenvalue weighted by Gasteiger charge is -2.12. The maximum absolute atomic E-state index is 12.2. The molecular weight excluding hydrogens is 276 g/mol. The third kappa shape index (κ3) is 3.61. The van der Waals surface area contributed by atoms with Gasteiger partial charge in [-0.1, -0.05) is 24.9 Å². The molecule has 0 aliphatic rings. The van der Waals surface area contributed by atoms with Crippen molar-refractivity contribution in [1.29, 1.82) is 0 Å². The second-order valence-electron chi connectivity index (χ2n) is 4.63. The van der Waals surface area contributed by atoms with Crippen LogP contribution in [0.4, 0.5) is 0 Å². The van der Waals surface area contributed by atoms with E-state index in [2.05, 4.69) is 17.2 Å². The molecule has 106 valence electrons. The number of nitrogens with zero attached hydrogens (tertiary/aromatic N) is 1. The molecule has 2 heterocycles. The molecule has 0 fully saturated rings. The van der Waals surface area contributed by atoms with Crippen LogP contribution in [-0.4, -0.2) is 10.9 Å². The van der Waals surface area contributed by atoms with E-state index in [9.17, 15) is 4.79 Å². The van der Waals surface area contributed by atoms with E-state index in [-0.39, 0.29) is 11.9 Å². The first-order valence-electron chi connectivity index (χ1n) is 6.61. The molecule has 1 amide bonds. The van der Waals surface area contributed by atoms with Crippen molar-refractivity contribution < 1.29 is 9.21 Å². The Morgan fingerprint density at radius 3 is 2.95 bits per heavy atom. The predicted molar refractivity (Wildman–Crippen MR) is 77.8 cm³/mol. The zero-order chi connectivity index (χ0) is 14.5. The third-order valence-corrected chi connectivity index (χ3v) is 3.13. The molecule has 1 unspecified atom stereocenters. The third-order valence-electron chi connectivity index (χ3n) is 2.93. The van der Waals surface area contributed by atoms with E-state index in [0.717, 1.165) is 18.5 Å². The molecule has 20 heavy (non-hydrogen) atoms. The monoisotopic (exact) mass is 292 g/mol. The number of carbonyl (C=O) groups is 1. The standard InChI is InChI=1S/C15H17ClN2O2/c1-3-5-12-8-11(9-14(16)18-12)15(19)17-10(2)13-6-4-7-20-13/h4,6-10H,3,5H2,1-2H3,(H,17,19). The summed E-state index contributed by atoms with van der Waals surface area (Å²) in [6, 6.07) is 6.78. The Kier molecular flexibility index (Phi) is 4.79. The number of aromatic nitrogens is 1. The van der Waals surface area contributed by atoms with Crippen LogP contribution in [0.25, 0.3) is 0 Å². The molecule has 0 aliphatic heterocycles. The molecule has 0 saturated heterocycles. The van der Waals surface area contributed by atoms with Crippen LogP contribution in [0.3, 0.4) is 0 Å². The predicted octanol–water partition coefficient (Wildman–Crippen LogP) is 3.77. The number of aryl methyl sites for hydroxylation is 1. The average Bonchev–Trinajstić information content (AvgIpc) is 2.92. The van der Waals surface area contributed by atoms with Crippen molar-refractivity contribution in [2.45, 2.75) is 32.7 Å². The Labute approximate surface area is 123 Å². The highest BCUT2D eigenvalue weighted by molar-refractivity contribution is 6.29. The fraction of sp³-hybridized carbons (Fsp3) is 0.333. The van der Waals surface area contributed by atoms with Gasteiger partial charge in [-0.05, 0) is 37.6 Å². The van der Waals surface area contributed by atoms with Gasteiger partial charge < -0.3 is 9.73 Å². The van der Waals surface area contributed by atoms with Crippen LogP contribution in [0.5, 0.6) is 0 Å². The Bertz CT molecular complexity index is 582. The summed E-state index contributed by atoms with van der Waals surface area (Å²) in [4.78, 5) is 16.4. The summed E-state index contributed by atoms with van der Waals surface area (Å²) in [6.45, 7) is 3.92. The number of pyridine rings is 1. The number of carbonyl (C=O) groups excluding carboxylic acids is 1. The molecule has 0 aliphatic carbocycles. The highest BCUT2D eigenvalue weighted by atomic mass is 35.5. The van der Waals surface area contributed by atoms with Crippen molar-refractivity contribution in [1.82, 2.24) is 10.3 Å². The van der Waals surface area contributed by atoms with Crippen LogP contribution in [0.2, 0.25) is 5.15 Å². The normalized spacial score (nSPS) is 12.2. The van der Waals surface area contributed by atoms with Gasteiger partial charge in [0, 0.05) is 11.3 Å². The highest BCUT2D eigenvalue weighted by Crippen LogP contribution is 2.16. The second-order valence-corrected chi connectivity index (χ2v) is 5.02. The Hall–Kier alpha value is -1.81. The molecule has 5 heteroatoms. The molecule has 2 aromatic rings. The molecule has 1 atom stereocenters. The summed E-state index contributed by atoms with van der Waals surface area (Å²) >= 11 is 5.96. The van der Waals surface area contributed by atoms with E-state index in [4.69, 9.17) is 16.0 Å². The first kappa shape index (κ1) is 14.6. The fourth-order valence-electron chi connectivity index (χ4n) is 1.96. The van der Waals surface area contributed by atoms with E-state index in [1.807, 2.05) is 13.0 Å². The summed E-state index contributed by atoms with van der Waals surface area (Å²) in [5.41, 5.74) is 1.35. The molecule has 0 radical (unpaired) electrons. The lowest BCUT2D eigenvalue weighted by molar-refractivity contribution is 0.0935. The van der Waals surface area contributed by atoms with Gasteiger partial charge in [-0.3, -0.25) is 4.79 Å². The number of hydrogen-bond donors (Lipinski definition) is 1. The van der Waals surface area contributed by atoms with Gasteiger partial charge in [0.1, 0.15) is 10.9 Å². The van der Waals surface area contributed by atoms with Gasteiger partial charge in [0.05, 0.1) is 12.3 Å². The quantitative estimate of drug-likeness (QED) is 0.854. The van der Waals surface area contributed by atoms with E-state index in [0.29, 0.717) is 16.5 Å². The number of furan rings is 1. The van der Waals surface area contributed by atoms with Crippen molar-refractivity contribution in [3.05, 3.63) is 52.7 Å². The largest absolute Gasteiger partial charge is 0.467 e. The Morgan fingerprint density at radius 1 is 1.50 bits per heavy atom. The zero-order valence-corrected chi connectivity index (χ0v) is 12.3. The average molecular weight is 293 g/mol. The van der Waals surface area contributed by atoms with Crippen LogP contribution >= 0.6 is 11.6 Å². The van der Waals surface area contributed by atoms with Crippen LogP contribution in [-0.2, 0) is 6.42 Å². The molecule has 0 bridgehead atoms. The number of rotatable bonds is 5. The van der Waals surface area contributed by atoms with Crippen molar-refractivity contribution in [3.8, 4) is 0 Å². The van der Waals surface area contributed by atoms with Gasteiger partial charge in [-0.25, -0.2) is 4.98 Å². The number of nitrogens with one attached hydrogen (secondary N) is 1. The van der Waals surface area contributed by atoms with Crippen LogP contribution in [0.1, 0.15) is 48.1 Å². The first-order chi connectivity index (χ1) is 9.60. The molecule has 0 saturated carbocycles. The molecule has 2 rings (SSSR count). The lowest BCUT2D eigenvalue weighted by atomic mass is 10.1. The van der Waals surface area contributed by atoms with Gasteiger partial charge in [0.25, 0.3) is 5.91 Å². The maximum Gasteiger partial charge on any atom is 0.252 e. The zero-order valence-electron chi connectivity index (χ0n) is 11.5. The summed E-state index contributed by atoms with van der Waals surface area (Å²) in [6.07, 6.45) is 3.34. The molecule has 2 aromatic heterocycles. The molecule has 0 aromatic carbocycles. The van der Waals surface area contributed by atoms with Crippen molar-refractivity contribution in [2.24, 2.45) is 0 Å². The van der Waals surface area contributed by atoms with E-state index < -0.39 is 0 Å². The molecular formula is C15H17ClN2O2. The number of hydrogen-bond acceptors (Lipinski definition) is 3. The van der Waals surface area contributed by atoms with Crippen LogP contribution < -0.4 is 5.32 Å². The summed E-state index contributed by atoms with van der Waals surface area (Å²) in [5.74, 6) is 0.530. The van der Waals surface area contributed by atoms with Gasteiger partial charge in [0.2, 0.25) is 0 Å². The summed E-state index contributed by atoms with van der Waals surface area (Å²) in [5, 5.41) is 3.22. The first-order valence-corrected chi connectivity index (χ1v) is 6.98. The minimum absolute atomic E-state index is 0.185. The SMILES string of the molecule is CCCc1cc(C(=O)NC(C)c2ccco2)cc(Cl)n1. The van der Waals surface area contributed by atoms with E-state index in [1.165, 1.54) is 0 Å². The highest BCUT2D eigenvalue weighted by Gasteiger charge is 2.14. The van der Waals surface area contributed by atoms with Gasteiger partial charge in [-0.15, -0.1) is 0 Å². The van der Waals surface area contributed by atoms with Gasteiger partial charge in [0.15, 0.2) is 0 Å². The molecule has 0 spiro atoms. The molecule has 1 N–H and O–H groups in total. The fourth-order valence-corrected chi connectivity index (χ4v) is 2.18. The number of amides is 1. The smallest absolute Gasteiger partial charge is 0.252 e. The van der Waals surface area contributed by atoms with E-state index in [1.54, 1.807) is 24.5 Å². The second kappa shape index (κ2) is 6.57. The lowest BCUT2D eigenvalue weighted by Crippen LogP contribution is -2.26. The Morgan fingerprint density at radius 2 is 2.30 bits per heavy atom. The molecule has 4 nitrogen and oxygen atoms in total. The van der Waals surface area contributed by atoms with Crippen molar-refractivity contribution >= 4 is 17.5 Å². The topological polar surface area (TPSA) is 55.1 Å². The van der Waals surface area contributed by atoms with Crippen molar-refractivity contribution in [3.63, 3.8) is 0 Å². The summed E-state index contributed by atoms with van der Waals surface area (Å²) in [7, 11) is 0. The van der Waals surface area contributed by atoms with Gasteiger partial charge in [-0.2, -0.15) is 0 Å². The van der Waals surface area contributed by atoms with Crippen LogP contribution in [0.15, 0.2) is 34.9 Å². The minimum atomic E-state index is -0.195. The summed E-state index contributed by atoms with van der Waals surface area (Å²) < 4.78 is 5.26.